The van der Waals surface area contributed by atoms with Crippen molar-refractivity contribution in [3.63, 3.8) is 0 Å². The van der Waals surface area contributed by atoms with Crippen LogP contribution in [0, 0.1) is 18.3 Å². The van der Waals surface area contributed by atoms with Gasteiger partial charge in [-0.3, -0.25) is 0 Å². The predicted molar refractivity (Wildman–Crippen MR) is 65.2 cm³/mol. The molecule has 1 aromatic rings. The first-order valence-electron chi connectivity index (χ1n) is 5.63. The quantitative estimate of drug-likeness (QED) is 0.841. The molecule has 1 aliphatic carbocycles. The zero-order chi connectivity index (χ0) is 13.3. The van der Waals surface area contributed by atoms with E-state index in [-0.39, 0.29) is 10.9 Å². The number of nitrogens with one attached hydrogen (secondary N) is 1. The van der Waals surface area contributed by atoms with Gasteiger partial charge in [0.25, 0.3) is 0 Å². The van der Waals surface area contributed by atoms with E-state index in [4.69, 9.17) is 10.4 Å². The summed E-state index contributed by atoms with van der Waals surface area (Å²) in [5.41, 5.74) is 0.979. The fraction of sp³-hybridized carbons (Fsp3) is 0.417. The van der Waals surface area contributed by atoms with E-state index in [0.29, 0.717) is 24.0 Å². The average Bonchev–Trinajstić information content (AvgIpc) is 2.26. The molecule has 0 heterocycles. The fourth-order valence-electron chi connectivity index (χ4n) is 1.99. The largest absolute Gasteiger partial charge is 0.393 e. The summed E-state index contributed by atoms with van der Waals surface area (Å²) in [7, 11) is -3.57. The van der Waals surface area contributed by atoms with Gasteiger partial charge in [0, 0.05) is 6.04 Å². The molecule has 0 unspecified atom stereocenters. The van der Waals surface area contributed by atoms with E-state index in [1.807, 2.05) is 6.07 Å². The monoisotopic (exact) mass is 266 g/mol. The first-order valence-corrected chi connectivity index (χ1v) is 7.12. The molecule has 0 amide bonds. The van der Waals surface area contributed by atoms with Crippen LogP contribution in [0.25, 0.3) is 0 Å². The Kier molecular flexibility index (Phi) is 3.39. The molecule has 18 heavy (non-hydrogen) atoms. The number of nitrogens with zero attached hydrogens (tertiary/aromatic N) is 1. The second-order valence-corrected chi connectivity index (χ2v) is 6.22. The Morgan fingerprint density at radius 3 is 2.61 bits per heavy atom. The van der Waals surface area contributed by atoms with Gasteiger partial charge in [-0.25, -0.2) is 13.1 Å². The van der Waals surface area contributed by atoms with E-state index in [9.17, 15) is 8.42 Å². The Bertz CT molecular complexity index is 598. The molecular weight excluding hydrogens is 252 g/mol. The molecule has 1 aliphatic rings. The maximum absolute atomic E-state index is 12.1. The van der Waals surface area contributed by atoms with Gasteiger partial charge in [-0.1, -0.05) is 0 Å². The maximum atomic E-state index is 12.1. The molecule has 96 valence electrons. The van der Waals surface area contributed by atoms with Crippen LogP contribution >= 0.6 is 0 Å². The second-order valence-electron chi connectivity index (χ2n) is 4.54. The number of aryl methyl sites for hydroxylation is 1. The first-order chi connectivity index (χ1) is 8.42. The molecule has 0 saturated heterocycles. The average molecular weight is 266 g/mol. The number of aliphatic hydroxyl groups is 1. The van der Waals surface area contributed by atoms with Gasteiger partial charge in [-0.05, 0) is 43.5 Å². The first kappa shape index (κ1) is 13.0. The van der Waals surface area contributed by atoms with Gasteiger partial charge >= 0.3 is 0 Å². The third-order valence-corrected chi connectivity index (χ3v) is 4.71. The van der Waals surface area contributed by atoms with Crippen LogP contribution in [0.3, 0.4) is 0 Å². The molecule has 0 spiro atoms. The van der Waals surface area contributed by atoms with Crippen molar-refractivity contribution < 1.29 is 13.5 Å². The fourth-order valence-corrected chi connectivity index (χ4v) is 3.48. The molecule has 5 nitrogen and oxygen atoms in total. The Morgan fingerprint density at radius 1 is 1.44 bits per heavy atom. The minimum absolute atomic E-state index is 0.183. The second kappa shape index (κ2) is 4.69. The highest BCUT2D eigenvalue weighted by atomic mass is 32.2. The lowest BCUT2D eigenvalue weighted by Gasteiger charge is -2.31. The van der Waals surface area contributed by atoms with Crippen LogP contribution in [0.1, 0.15) is 24.0 Å². The molecule has 1 fully saturated rings. The van der Waals surface area contributed by atoms with Gasteiger partial charge in [0.1, 0.15) is 0 Å². The lowest BCUT2D eigenvalue weighted by molar-refractivity contribution is 0.0712. The summed E-state index contributed by atoms with van der Waals surface area (Å²) >= 11 is 0. The van der Waals surface area contributed by atoms with Gasteiger partial charge in [0.2, 0.25) is 10.0 Å². The minimum atomic E-state index is -3.57. The molecule has 0 radical (unpaired) electrons. The molecule has 0 atom stereocenters. The summed E-state index contributed by atoms with van der Waals surface area (Å²) in [5, 5.41) is 17.9. The van der Waals surface area contributed by atoms with Crippen molar-refractivity contribution in [2.45, 2.75) is 36.8 Å². The van der Waals surface area contributed by atoms with Crippen LogP contribution < -0.4 is 4.72 Å². The number of nitriles is 1. The van der Waals surface area contributed by atoms with Crippen molar-refractivity contribution in [3.8, 4) is 6.07 Å². The third-order valence-electron chi connectivity index (χ3n) is 3.03. The highest BCUT2D eigenvalue weighted by molar-refractivity contribution is 7.89. The SMILES string of the molecule is Cc1cc(C#N)ccc1S(=O)(=O)NC1CC(O)C1. The van der Waals surface area contributed by atoms with Crippen LogP contribution in [-0.2, 0) is 10.0 Å². The van der Waals surface area contributed by atoms with E-state index in [0.717, 1.165) is 0 Å². The van der Waals surface area contributed by atoms with Crippen molar-refractivity contribution >= 4 is 10.0 Å². The molecule has 0 aliphatic heterocycles. The standard InChI is InChI=1S/C12H14N2O3S/c1-8-4-9(7-13)2-3-12(8)18(16,17)14-10-5-11(15)6-10/h2-4,10-11,14-15H,5-6H2,1H3. The van der Waals surface area contributed by atoms with E-state index in [1.54, 1.807) is 13.0 Å². The summed E-state index contributed by atoms with van der Waals surface area (Å²) in [6, 6.07) is 6.24. The van der Waals surface area contributed by atoms with Crippen molar-refractivity contribution in [2.75, 3.05) is 0 Å². The molecular formula is C12H14N2O3S. The van der Waals surface area contributed by atoms with Crippen molar-refractivity contribution in [3.05, 3.63) is 29.3 Å². The number of hydrogen-bond donors (Lipinski definition) is 2. The van der Waals surface area contributed by atoms with E-state index in [1.165, 1.54) is 12.1 Å². The number of sulfonamides is 1. The molecule has 2 rings (SSSR count). The summed E-state index contributed by atoms with van der Waals surface area (Å²) < 4.78 is 26.7. The summed E-state index contributed by atoms with van der Waals surface area (Å²) in [4.78, 5) is 0.183. The minimum Gasteiger partial charge on any atom is -0.393 e. The Labute approximate surface area is 106 Å². The molecule has 1 saturated carbocycles. The number of hydrogen-bond acceptors (Lipinski definition) is 4. The highest BCUT2D eigenvalue weighted by Crippen LogP contribution is 2.23. The molecule has 1 aromatic carbocycles. The van der Waals surface area contributed by atoms with Gasteiger partial charge in [-0.15, -0.1) is 0 Å². The van der Waals surface area contributed by atoms with Crippen LogP contribution in [0.5, 0.6) is 0 Å². The lowest BCUT2D eigenvalue weighted by atomic mass is 9.91. The normalized spacial score (nSPS) is 23.2. The van der Waals surface area contributed by atoms with Gasteiger partial charge in [0.05, 0.1) is 22.6 Å². The highest BCUT2D eigenvalue weighted by Gasteiger charge is 2.31. The maximum Gasteiger partial charge on any atom is 0.241 e. The topological polar surface area (TPSA) is 90.2 Å². The molecule has 0 aromatic heterocycles. The van der Waals surface area contributed by atoms with Crippen LogP contribution in [0.15, 0.2) is 23.1 Å². The van der Waals surface area contributed by atoms with Crippen LogP contribution in [-0.4, -0.2) is 25.7 Å². The number of benzene rings is 1. The van der Waals surface area contributed by atoms with Gasteiger partial charge < -0.3 is 5.11 Å². The lowest BCUT2D eigenvalue weighted by Crippen LogP contribution is -2.46. The van der Waals surface area contributed by atoms with Crippen molar-refractivity contribution in [1.82, 2.24) is 4.72 Å². The van der Waals surface area contributed by atoms with Crippen molar-refractivity contribution in [2.24, 2.45) is 0 Å². The zero-order valence-corrected chi connectivity index (χ0v) is 10.7. The van der Waals surface area contributed by atoms with Gasteiger partial charge in [0.15, 0.2) is 0 Å². The summed E-state index contributed by atoms with van der Waals surface area (Å²) in [6.07, 6.45) is 0.503. The zero-order valence-electron chi connectivity index (χ0n) is 9.92. The third kappa shape index (κ3) is 2.53. The smallest absolute Gasteiger partial charge is 0.241 e. The van der Waals surface area contributed by atoms with Crippen LogP contribution in [0.4, 0.5) is 0 Å². The summed E-state index contributed by atoms with van der Waals surface area (Å²) in [6.45, 7) is 1.66. The Hall–Kier alpha value is -1.42. The summed E-state index contributed by atoms with van der Waals surface area (Å²) in [5.74, 6) is 0. The van der Waals surface area contributed by atoms with E-state index >= 15 is 0 Å². The molecule has 2 N–H and O–H groups in total. The van der Waals surface area contributed by atoms with Gasteiger partial charge in [-0.2, -0.15) is 5.26 Å². The van der Waals surface area contributed by atoms with E-state index < -0.39 is 16.1 Å². The molecule has 6 heteroatoms. The van der Waals surface area contributed by atoms with Crippen LogP contribution in [0.2, 0.25) is 0 Å². The van der Waals surface area contributed by atoms with Crippen molar-refractivity contribution in [1.29, 1.82) is 5.26 Å². The Morgan fingerprint density at radius 2 is 2.11 bits per heavy atom. The van der Waals surface area contributed by atoms with E-state index in [2.05, 4.69) is 4.72 Å². The Balaban J connectivity index is 2.22. The predicted octanol–water partition coefficient (Wildman–Crippen LogP) is 0.668. The number of aliphatic hydroxyl groups excluding tert-OH is 1. The molecule has 0 bridgehead atoms. The number of rotatable bonds is 3.